The maximum atomic E-state index is 11.3. The minimum absolute atomic E-state index is 0.249. The fourth-order valence-electron chi connectivity index (χ4n) is 1.54. The fraction of sp³-hybridized carbons (Fsp3) is 0.250. The number of benzene rings is 1. The zero-order valence-corrected chi connectivity index (χ0v) is 8.55. The van der Waals surface area contributed by atoms with E-state index in [1.165, 1.54) is 11.1 Å². The average molecular weight is 188 g/mol. The van der Waals surface area contributed by atoms with Crippen LogP contribution >= 0.6 is 0 Å². The van der Waals surface area contributed by atoms with Crippen molar-refractivity contribution in [2.45, 2.75) is 20.8 Å². The monoisotopic (exact) mass is 188 g/mol. The Hall–Kier alpha value is -1.57. The highest BCUT2D eigenvalue weighted by Gasteiger charge is 2.04. The summed E-state index contributed by atoms with van der Waals surface area (Å²) in [5, 5.41) is 1.03. The number of fused-ring (bicyclic) bond motifs is 1. The van der Waals surface area contributed by atoms with E-state index in [9.17, 15) is 4.79 Å². The first kappa shape index (κ1) is 9.00. The zero-order chi connectivity index (χ0) is 10.3. The van der Waals surface area contributed by atoms with Crippen LogP contribution in [0.1, 0.15) is 16.7 Å². The van der Waals surface area contributed by atoms with Gasteiger partial charge in [0, 0.05) is 10.9 Å². The summed E-state index contributed by atoms with van der Waals surface area (Å²) >= 11 is 0. The second-order valence-corrected chi connectivity index (χ2v) is 3.64. The SMILES string of the molecule is Cc1ccc2oc(=O)c(C)cc2c1C. The molecule has 0 fully saturated rings. The van der Waals surface area contributed by atoms with Gasteiger partial charge in [-0.15, -0.1) is 0 Å². The second-order valence-electron chi connectivity index (χ2n) is 3.64. The van der Waals surface area contributed by atoms with Crippen molar-refractivity contribution >= 4 is 11.0 Å². The van der Waals surface area contributed by atoms with E-state index in [0.717, 1.165) is 5.39 Å². The summed E-state index contributed by atoms with van der Waals surface area (Å²) in [5.41, 5.74) is 3.47. The Kier molecular flexibility index (Phi) is 1.92. The van der Waals surface area contributed by atoms with Crippen molar-refractivity contribution in [2.75, 3.05) is 0 Å². The van der Waals surface area contributed by atoms with Gasteiger partial charge in [0.25, 0.3) is 0 Å². The van der Waals surface area contributed by atoms with E-state index < -0.39 is 0 Å². The number of hydrogen-bond acceptors (Lipinski definition) is 2. The molecule has 1 aromatic heterocycles. The van der Waals surface area contributed by atoms with Gasteiger partial charge in [-0.1, -0.05) is 6.07 Å². The summed E-state index contributed by atoms with van der Waals surface area (Å²) in [6.07, 6.45) is 0. The Bertz CT molecular complexity index is 550. The molecule has 0 saturated heterocycles. The third kappa shape index (κ3) is 1.23. The van der Waals surface area contributed by atoms with Crippen LogP contribution in [0.4, 0.5) is 0 Å². The maximum absolute atomic E-state index is 11.3. The van der Waals surface area contributed by atoms with Crippen LogP contribution in [0.15, 0.2) is 27.4 Å². The highest BCUT2D eigenvalue weighted by molar-refractivity contribution is 5.81. The van der Waals surface area contributed by atoms with Crippen molar-refractivity contribution in [1.29, 1.82) is 0 Å². The first-order valence-corrected chi connectivity index (χ1v) is 4.60. The molecule has 0 atom stereocenters. The summed E-state index contributed by atoms with van der Waals surface area (Å²) in [7, 11) is 0. The molecule has 14 heavy (non-hydrogen) atoms. The van der Waals surface area contributed by atoms with E-state index in [1.54, 1.807) is 6.92 Å². The Morgan fingerprint density at radius 1 is 1.07 bits per heavy atom. The molecule has 0 radical (unpaired) electrons. The van der Waals surface area contributed by atoms with Crippen LogP contribution in [0.3, 0.4) is 0 Å². The van der Waals surface area contributed by atoms with Crippen LogP contribution in [0.25, 0.3) is 11.0 Å². The van der Waals surface area contributed by atoms with Gasteiger partial charge in [0.2, 0.25) is 0 Å². The molecule has 0 aliphatic heterocycles. The van der Waals surface area contributed by atoms with Gasteiger partial charge in [-0.2, -0.15) is 0 Å². The van der Waals surface area contributed by atoms with Gasteiger partial charge in [-0.3, -0.25) is 0 Å². The second kappa shape index (κ2) is 2.98. The molecule has 0 spiro atoms. The van der Waals surface area contributed by atoms with Crippen LogP contribution in [-0.4, -0.2) is 0 Å². The lowest BCUT2D eigenvalue weighted by atomic mass is 10.0. The van der Waals surface area contributed by atoms with Crippen molar-refractivity contribution in [3.05, 3.63) is 45.3 Å². The quantitative estimate of drug-likeness (QED) is 0.595. The van der Waals surface area contributed by atoms with Crippen LogP contribution in [0.5, 0.6) is 0 Å². The standard InChI is InChI=1S/C12H12O2/c1-7-4-5-11-10(9(7)3)6-8(2)12(13)14-11/h4-6H,1-3H3. The topological polar surface area (TPSA) is 30.2 Å². The van der Waals surface area contributed by atoms with Crippen LogP contribution < -0.4 is 5.63 Å². The molecule has 2 heteroatoms. The van der Waals surface area contributed by atoms with E-state index in [2.05, 4.69) is 6.92 Å². The fourth-order valence-corrected chi connectivity index (χ4v) is 1.54. The zero-order valence-electron chi connectivity index (χ0n) is 8.55. The molecule has 0 amide bonds. The average Bonchev–Trinajstić information content (AvgIpc) is 2.15. The lowest BCUT2D eigenvalue weighted by molar-refractivity contribution is 0.555. The normalized spacial score (nSPS) is 10.8. The minimum Gasteiger partial charge on any atom is -0.423 e. The minimum atomic E-state index is -0.249. The van der Waals surface area contributed by atoms with E-state index in [4.69, 9.17) is 4.42 Å². The molecule has 1 aromatic carbocycles. The van der Waals surface area contributed by atoms with Gasteiger partial charge >= 0.3 is 5.63 Å². The summed E-state index contributed by atoms with van der Waals surface area (Å²) in [4.78, 5) is 11.3. The van der Waals surface area contributed by atoms with Gasteiger partial charge < -0.3 is 4.42 Å². The lowest BCUT2D eigenvalue weighted by Crippen LogP contribution is -2.02. The first-order valence-electron chi connectivity index (χ1n) is 4.60. The van der Waals surface area contributed by atoms with Crippen LogP contribution in [0.2, 0.25) is 0 Å². The Labute approximate surface area is 82.2 Å². The van der Waals surface area contributed by atoms with Crippen molar-refractivity contribution in [2.24, 2.45) is 0 Å². The molecule has 0 aliphatic carbocycles. The van der Waals surface area contributed by atoms with E-state index >= 15 is 0 Å². The smallest absolute Gasteiger partial charge is 0.339 e. The van der Waals surface area contributed by atoms with Crippen molar-refractivity contribution in [3.63, 3.8) is 0 Å². The van der Waals surface area contributed by atoms with Gasteiger partial charge in [0.05, 0.1) is 0 Å². The number of aryl methyl sites for hydroxylation is 3. The Morgan fingerprint density at radius 3 is 2.50 bits per heavy atom. The molecule has 1 heterocycles. The number of rotatable bonds is 0. The molecular weight excluding hydrogens is 176 g/mol. The highest BCUT2D eigenvalue weighted by Crippen LogP contribution is 2.20. The van der Waals surface area contributed by atoms with E-state index in [1.807, 2.05) is 25.1 Å². The number of hydrogen-bond donors (Lipinski definition) is 0. The predicted molar refractivity (Wildman–Crippen MR) is 56.7 cm³/mol. The van der Waals surface area contributed by atoms with E-state index in [-0.39, 0.29) is 5.63 Å². The molecule has 72 valence electrons. The summed E-state index contributed by atoms with van der Waals surface area (Å²) < 4.78 is 5.17. The first-order chi connectivity index (χ1) is 6.59. The molecular formula is C12H12O2. The van der Waals surface area contributed by atoms with Crippen LogP contribution in [0, 0.1) is 20.8 Å². The van der Waals surface area contributed by atoms with Crippen molar-refractivity contribution in [1.82, 2.24) is 0 Å². The molecule has 0 N–H and O–H groups in total. The molecule has 2 rings (SSSR count). The third-order valence-electron chi connectivity index (χ3n) is 2.63. The lowest BCUT2D eigenvalue weighted by Gasteiger charge is -2.04. The van der Waals surface area contributed by atoms with Crippen molar-refractivity contribution < 1.29 is 4.42 Å². The Balaban J connectivity index is 2.97. The van der Waals surface area contributed by atoms with Gasteiger partial charge in [0.15, 0.2) is 0 Å². The Morgan fingerprint density at radius 2 is 1.79 bits per heavy atom. The maximum Gasteiger partial charge on any atom is 0.339 e. The van der Waals surface area contributed by atoms with Crippen molar-refractivity contribution in [3.8, 4) is 0 Å². The summed E-state index contributed by atoms with van der Waals surface area (Å²) in [5.74, 6) is 0. The van der Waals surface area contributed by atoms with Gasteiger partial charge in [-0.25, -0.2) is 4.79 Å². The molecule has 2 nitrogen and oxygen atoms in total. The molecule has 0 unspecified atom stereocenters. The van der Waals surface area contributed by atoms with Crippen LogP contribution in [-0.2, 0) is 0 Å². The van der Waals surface area contributed by atoms with E-state index in [0.29, 0.717) is 11.1 Å². The molecule has 0 saturated carbocycles. The highest BCUT2D eigenvalue weighted by atomic mass is 16.4. The summed E-state index contributed by atoms with van der Waals surface area (Å²) in [6.45, 7) is 5.86. The molecule has 2 aromatic rings. The third-order valence-corrected chi connectivity index (χ3v) is 2.63. The largest absolute Gasteiger partial charge is 0.423 e. The molecule has 0 bridgehead atoms. The predicted octanol–water partition coefficient (Wildman–Crippen LogP) is 2.72. The van der Waals surface area contributed by atoms with Gasteiger partial charge in [-0.05, 0) is 44.0 Å². The summed E-state index contributed by atoms with van der Waals surface area (Å²) in [6, 6.07) is 5.71. The molecule has 0 aliphatic rings. The van der Waals surface area contributed by atoms with Gasteiger partial charge in [0.1, 0.15) is 5.58 Å².